The second-order valence-electron chi connectivity index (χ2n) is 7.08. The van der Waals surface area contributed by atoms with Gasteiger partial charge in [-0.25, -0.2) is 0 Å². The molecule has 1 amide bonds. The molecule has 2 N–H and O–H groups in total. The van der Waals surface area contributed by atoms with E-state index in [1.165, 1.54) is 5.56 Å². The van der Waals surface area contributed by atoms with Crippen molar-refractivity contribution in [2.24, 2.45) is 5.92 Å². The Hall–Kier alpha value is -1.43. The van der Waals surface area contributed by atoms with Crippen LogP contribution in [0.25, 0.3) is 0 Å². The highest BCUT2D eigenvalue weighted by Crippen LogP contribution is 2.24. The summed E-state index contributed by atoms with van der Waals surface area (Å²) in [6.45, 7) is 5.47. The van der Waals surface area contributed by atoms with Crippen LogP contribution in [-0.4, -0.2) is 60.9 Å². The zero-order valence-electron chi connectivity index (χ0n) is 14.4. The summed E-state index contributed by atoms with van der Waals surface area (Å²) in [5, 5.41) is 12.8. The highest BCUT2D eigenvalue weighted by atomic mass is 16.5. The van der Waals surface area contributed by atoms with Crippen molar-refractivity contribution in [3.63, 3.8) is 0 Å². The van der Waals surface area contributed by atoms with Crippen molar-refractivity contribution < 1.29 is 14.6 Å². The van der Waals surface area contributed by atoms with Crippen LogP contribution < -0.4 is 5.32 Å². The molecule has 3 rings (SSSR count). The molecule has 0 aromatic heterocycles. The van der Waals surface area contributed by atoms with Gasteiger partial charge in [-0.05, 0) is 25.3 Å². The number of benzene rings is 1. The lowest BCUT2D eigenvalue weighted by molar-refractivity contribution is -0.121. The molecule has 2 aliphatic rings. The van der Waals surface area contributed by atoms with Crippen LogP contribution in [0.3, 0.4) is 0 Å². The Labute approximate surface area is 144 Å². The van der Waals surface area contributed by atoms with Crippen LogP contribution in [0, 0.1) is 12.8 Å². The summed E-state index contributed by atoms with van der Waals surface area (Å²) in [6.07, 6.45) is 2.48. The first kappa shape index (κ1) is 17.4. The zero-order valence-corrected chi connectivity index (χ0v) is 14.4. The molecule has 0 spiro atoms. The van der Waals surface area contributed by atoms with E-state index in [9.17, 15) is 9.90 Å². The number of nitrogens with zero attached hydrogens (tertiary/aromatic N) is 1. The molecule has 0 radical (unpaired) electrons. The number of carbonyl (C=O) groups excluding carboxylic acids is 1. The van der Waals surface area contributed by atoms with Gasteiger partial charge in [-0.1, -0.05) is 29.8 Å². The molecule has 1 aromatic carbocycles. The normalized spacial score (nSPS) is 25.8. The van der Waals surface area contributed by atoms with Gasteiger partial charge in [-0.3, -0.25) is 9.69 Å². The Morgan fingerprint density at radius 3 is 2.83 bits per heavy atom. The van der Waals surface area contributed by atoms with Crippen molar-refractivity contribution in [3.05, 3.63) is 35.4 Å². The van der Waals surface area contributed by atoms with Gasteiger partial charge in [0.1, 0.15) is 0 Å². The quantitative estimate of drug-likeness (QED) is 0.848. The fourth-order valence-electron chi connectivity index (χ4n) is 3.87. The minimum Gasteiger partial charge on any atom is -0.396 e. The van der Waals surface area contributed by atoms with Crippen LogP contribution in [0.2, 0.25) is 0 Å². The second kappa shape index (κ2) is 8.10. The highest BCUT2D eigenvalue weighted by molar-refractivity contribution is 5.79. The number of rotatable bonds is 5. The zero-order chi connectivity index (χ0) is 16.9. The first-order valence-electron chi connectivity index (χ1n) is 8.93. The van der Waals surface area contributed by atoms with E-state index in [0.717, 1.165) is 44.7 Å². The molecule has 0 saturated carbocycles. The molecule has 24 heavy (non-hydrogen) atoms. The third-order valence-corrected chi connectivity index (χ3v) is 5.20. The second-order valence-corrected chi connectivity index (χ2v) is 7.08. The maximum Gasteiger partial charge on any atom is 0.224 e. The van der Waals surface area contributed by atoms with E-state index in [4.69, 9.17) is 4.74 Å². The number of amides is 1. The number of carbonyl (C=O) groups is 1. The first-order valence-corrected chi connectivity index (χ1v) is 8.93. The summed E-state index contributed by atoms with van der Waals surface area (Å²) in [6, 6.07) is 8.61. The minimum absolute atomic E-state index is 0.0372. The summed E-state index contributed by atoms with van der Waals surface area (Å²) < 4.78 is 5.43. The van der Waals surface area contributed by atoms with Crippen molar-refractivity contribution >= 4 is 5.91 Å². The summed E-state index contributed by atoms with van der Waals surface area (Å²) in [5.74, 6) is 0.159. The molecule has 2 saturated heterocycles. The number of hydrogen-bond acceptors (Lipinski definition) is 4. The van der Waals surface area contributed by atoms with Gasteiger partial charge in [-0.15, -0.1) is 0 Å². The molecule has 2 heterocycles. The average molecular weight is 332 g/mol. The van der Waals surface area contributed by atoms with Gasteiger partial charge < -0.3 is 15.2 Å². The summed E-state index contributed by atoms with van der Waals surface area (Å²) in [7, 11) is 0. The molecule has 2 aliphatic heterocycles. The topological polar surface area (TPSA) is 61.8 Å². The van der Waals surface area contributed by atoms with Gasteiger partial charge in [0.2, 0.25) is 5.91 Å². The van der Waals surface area contributed by atoms with Crippen molar-refractivity contribution in [1.29, 1.82) is 0 Å². The van der Waals surface area contributed by atoms with Crippen LogP contribution in [0.15, 0.2) is 24.3 Å². The molecular weight excluding hydrogens is 304 g/mol. The molecule has 2 atom stereocenters. The van der Waals surface area contributed by atoms with E-state index in [1.807, 2.05) is 31.2 Å². The van der Waals surface area contributed by atoms with E-state index in [2.05, 4.69) is 10.2 Å². The van der Waals surface area contributed by atoms with Crippen LogP contribution in [-0.2, 0) is 16.0 Å². The SMILES string of the molecule is Cc1cccc(CC(=O)N[C@@H]2CN(C3CCOCC3)C[C@H]2CO)c1. The van der Waals surface area contributed by atoms with E-state index >= 15 is 0 Å². The molecule has 0 unspecified atom stereocenters. The van der Waals surface area contributed by atoms with Crippen LogP contribution in [0.5, 0.6) is 0 Å². The third-order valence-electron chi connectivity index (χ3n) is 5.20. The van der Waals surface area contributed by atoms with Crippen molar-refractivity contribution in [2.45, 2.75) is 38.3 Å². The van der Waals surface area contributed by atoms with E-state index in [1.54, 1.807) is 0 Å². The van der Waals surface area contributed by atoms with Crippen LogP contribution in [0.1, 0.15) is 24.0 Å². The van der Waals surface area contributed by atoms with E-state index in [-0.39, 0.29) is 24.5 Å². The number of nitrogens with one attached hydrogen (secondary N) is 1. The average Bonchev–Trinajstić information content (AvgIpc) is 2.98. The number of aliphatic hydroxyl groups is 1. The predicted octanol–water partition coefficient (Wildman–Crippen LogP) is 1.13. The lowest BCUT2D eigenvalue weighted by Gasteiger charge is -2.31. The fraction of sp³-hybridized carbons (Fsp3) is 0.632. The molecule has 0 aliphatic carbocycles. The summed E-state index contributed by atoms with van der Waals surface area (Å²) in [5.41, 5.74) is 2.20. The van der Waals surface area contributed by atoms with Crippen molar-refractivity contribution in [3.8, 4) is 0 Å². The van der Waals surface area contributed by atoms with Gasteiger partial charge in [0.15, 0.2) is 0 Å². The van der Waals surface area contributed by atoms with Gasteiger partial charge in [0.25, 0.3) is 0 Å². The number of aryl methyl sites for hydroxylation is 1. The van der Waals surface area contributed by atoms with Crippen LogP contribution in [0.4, 0.5) is 0 Å². The summed E-state index contributed by atoms with van der Waals surface area (Å²) >= 11 is 0. The molecular formula is C19H28N2O3. The molecule has 5 heteroatoms. The Bertz CT molecular complexity index is 557. The molecule has 5 nitrogen and oxygen atoms in total. The summed E-state index contributed by atoms with van der Waals surface area (Å²) in [4.78, 5) is 14.8. The largest absolute Gasteiger partial charge is 0.396 e. The number of ether oxygens (including phenoxy) is 1. The number of hydrogen-bond donors (Lipinski definition) is 2. The predicted molar refractivity (Wildman–Crippen MR) is 92.8 cm³/mol. The van der Waals surface area contributed by atoms with Gasteiger partial charge in [-0.2, -0.15) is 0 Å². The maximum absolute atomic E-state index is 12.4. The van der Waals surface area contributed by atoms with E-state index < -0.39 is 0 Å². The van der Waals surface area contributed by atoms with Crippen LogP contribution >= 0.6 is 0 Å². The Balaban J connectivity index is 1.55. The number of aliphatic hydroxyl groups excluding tert-OH is 1. The van der Waals surface area contributed by atoms with Crippen molar-refractivity contribution in [2.75, 3.05) is 32.9 Å². The molecule has 1 aromatic rings. The number of likely N-dealkylation sites (tertiary alicyclic amines) is 1. The minimum atomic E-state index is 0.0372. The maximum atomic E-state index is 12.4. The third kappa shape index (κ3) is 4.35. The molecule has 132 valence electrons. The fourth-order valence-corrected chi connectivity index (χ4v) is 3.87. The standard InChI is InChI=1S/C19H28N2O3/c1-14-3-2-4-15(9-14)10-19(23)20-18-12-21(11-16(18)13-22)17-5-7-24-8-6-17/h2-4,9,16-18,22H,5-8,10-13H2,1H3,(H,20,23)/t16-,18+/m0/s1. The first-order chi connectivity index (χ1) is 11.7. The lowest BCUT2D eigenvalue weighted by Crippen LogP contribution is -2.43. The monoisotopic (exact) mass is 332 g/mol. The Morgan fingerprint density at radius 2 is 2.12 bits per heavy atom. The van der Waals surface area contributed by atoms with Gasteiger partial charge in [0.05, 0.1) is 6.42 Å². The molecule has 0 bridgehead atoms. The van der Waals surface area contributed by atoms with Gasteiger partial charge in [0, 0.05) is 50.9 Å². The Kier molecular flexibility index (Phi) is 5.87. The van der Waals surface area contributed by atoms with Crippen molar-refractivity contribution in [1.82, 2.24) is 10.2 Å². The molecule has 2 fully saturated rings. The van der Waals surface area contributed by atoms with Gasteiger partial charge >= 0.3 is 0 Å². The van der Waals surface area contributed by atoms with E-state index in [0.29, 0.717) is 12.5 Å². The highest BCUT2D eigenvalue weighted by Gasteiger charge is 2.36. The Morgan fingerprint density at radius 1 is 1.33 bits per heavy atom. The smallest absolute Gasteiger partial charge is 0.224 e. The lowest BCUT2D eigenvalue weighted by atomic mass is 10.0.